The van der Waals surface area contributed by atoms with Crippen molar-refractivity contribution in [3.05, 3.63) is 51.3 Å². The van der Waals surface area contributed by atoms with E-state index >= 15 is 0 Å². The molecule has 1 aromatic carbocycles. The minimum Gasteiger partial charge on any atom is -0.493 e. The zero-order chi connectivity index (χ0) is 25.6. The molecule has 0 saturated carbocycles. The zero-order valence-corrected chi connectivity index (χ0v) is 20.5. The monoisotopic (exact) mass is 497 g/mol. The average Bonchev–Trinajstić information content (AvgIpc) is 3.20. The summed E-state index contributed by atoms with van der Waals surface area (Å²) in [6, 6.07) is 3.89. The highest BCUT2D eigenvalue weighted by Gasteiger charge is 2.37. The van der Waals surface area contributed by atoms with Crippen molar-refractivity contribution in [3.8, 4) is 11.5 Å². The van der Waals surface area contributed by atoms with Crippen molar-refractivity contribution >= 4 is 22.7 Å². The maximum Gasteiger partial charge on any atom is 0.280 e. The van der Waals surface area contributed by atoms with Crippen LogP contribution in [0.3, 0.4) is 0 Å². The fourth-order valence-corrected chi connectivity index (χ4v) is 5.01. The molecule has 0 unspecified atom stereocenters. The van der Waals surface area contributed by atoms with Crippen LogP contribution in [-0.4, -0.2) is 64.9 Å². The molecule has 0 aliphatic carbocycles. The fourth-order valence-electron chi connectivity index (χ4n) is 5.01. The van der Waals surface area contributed by atoms with Gasteiger partial charge in [0, 0.05) is 37.8 Å². The van der Waals surface area contributed by atoms with E-state index in [9.17, 15) is 18.8 Å². The third kappa shape index (κ3) is 3.88. The van der Waals surface area contributed by atoms with E-state index in [1.54, 1.807) is 16.5 Å². The van der Waals surface area contributed by atoms with Crippen molar-refractivity contribution in [2.45, 2.75) is 38.8 Å². The highest BCUT2D eigenvalue weighted by atomic mass is 19.1. The first-order valence-electron chi connectivity index (χ1n) is 12.0. The van der Waals surface area contributed by atoms with Crippen LogP contribution in [0, 0.1) is 5.82 Å². The SMILES string of the molecule is COc1c2n(c3c4nn(c(=O)c13)Cc1ccc(F)cc1OCCCCCNC4=O)[C@@H](C)CN(C)C2=O. The van der Waals surface area contributed by atoms with Crippen LogP contribution < -0.4 is 20.3 Å². The van der Waals surface area contributed by atoms with Crippen molar-refractivity contribution in [3.63, 3.8) is 0 Å². The summed E-state index contributed by atoms with van der Waals surface area (Å²) < 4.78 is 28.3. The molecule has 2 aliphatic heterocycles. The lowest BCUT2D eigenvalue weighted by molar-refractivity contribution is 0.0722. The summed E-state index contributed by atoms with van der Waals surface area (Å²) in [4.78, 5) is 41.9. The van der Waals surface area contributed by atoms with Gasteiger partial charge in [0.25, 0.3) is 17.4 Å². The number of fused-ring (bicyclic) bond motifs is 7. The quantitative estimate of drug-likeness (QED) is 0.553. The van der Waals surface area contributed by atoms with Crippen LogP contribution in [-0.2, 0) is 6.54 Å². The Hall–Kier alpha value is -3.89. The smallest absolute Gasteiger partial charge is 0.280 e. The lowest BCUT2D eigenvalue weighted by Gasteiger charge is -2.30. The number of aromatic nitrogens is 3. The Kier molecular flexibility index (Phi) is 6.15. The molecule has 0 saturated heterocycles. The van der Waals surface area contributed by atoms with Crippen LogP contribution in [0.1, 0.15) is 58.8 Å². The molecule has 4 heterocycles. The topological polar surface area (TPSA) is 108 Å². The number of carbonyl (C=O) groups excluding carboxylic acids is 2. The first kappa shape index (κ1) is 23.8. The predicted octanol–water partition coefficient (Wildman–Crippen LogP) is 2.33. The molecule has 0 fully saturated rings. The number of methoxy groups -OCH3 is 1. The minimum atomic E-state index is -0.523. The molecule has 2 amide bonds. The Balaban J connectivity index is 1.81. The van der Waals surface area contributed by atoms with Crippen molar-refractivity contribution in [1.29, 1.82) is 0 Å². The van der Waals surface area contributed by atoms with Crippen LogP contribution >= 0.6 is 0 Å². The molecule has 3 aromatic rings. The number of nitrogens with one attached hydrogen (secondary N) is 1. The van der Waals surface area contributed by atoms with E-state index in [2.05, 4.69) is 10.4 Å². The van der Waals surface area contributed by atoms with Crippen LogP contribution in [0.4, 0.5) is 4.39 Å². The van der Waals surface area contributed by atoms with Crippen LogP contribution in [0.15, 0.2) is 23.0 Å². The summed E-state index contributed by atoms with van der Waals surface area (Å²) in [6.07, 6.45) is 2.25. The third-order valence-corrected chi connectivity index (χ3v) is 6.71. The maximum atomic E-state index is 14.0. The van der Waals surface area contributed by atoms with E-state index in [4.69, 9.17) is 9.47 Å². The van der Waals surface area contributed by atoms with Crippen molar-refractivity contribution in [2.75, 3.05) is 33.9 Å². The highest BCUT2D eigenvalue weighted by Crippen LogP contribution is 2.38. The molecule has 1 N–H and O–H groups in total. The molecule has 2 bridgehead atoms. The Bertz CT molecular complexity index is 1430. The largest absolute Gasteiger partial charge is 0.493 e. The summed E-state index contributed by atoms with van der Waals surface area (Å²) in [7, 11) is 3.07. The second kappa shape index (κ2) is 9.29. The van der Waals surface area contributed by atoms with Crippen molar-refractivity contribution in [1.82, 2.24) is 24.6 Å². The van der Waals surface area contributed by atoms with Gasteiger partial charge in [-0.3, -0.25) is 14.4 Å². The molecule has 10 nitrogen and oxygen atoms in total. The van der Waals surface area contributed by atoms with E-state index < -0.39 is 17.3 Å². The zero-order valence-electron chi connectivity index (χ0n) is 20.5. The van der Waals surface area contributed by atoms with Crippen LogP contribution in [0.2, 0.25) is 0 Å². The molecular formula is C25H28FN5O5. The van der Waals surface area contributed by atoms with Gasteiger partial charge in [-0.05, 0) is 32.3 Å². The molecule has 36 heavy (non-hydrogen) atoms. The lowest BCUT2D eigenvalue weighted by Crippen LogP contribution is -2.40. The first-order valence-corrected chi connectivity index (χ1v) is 12.0. The summed E-state index contributed by atoms with van der Waals surface area (Å²) in [5, 5.41) is 7.47. The van der Waals surface area contributed by atoms with Gasteiger partial charge in [-0.15, -0.1) is 0 Å². The number of halogens is 1. The van der Waals surface area contributed by atoms with Crippen LogP contribution in [0.25, 0.3) is 10.9 Å². The second-order valence-corrected chi connectivity index (χ2v) is 9.24. The molecule has 1 atom stereocenters. The Morgan fingerprint density at radius 3 is 2.78 bits per heavy atom. The maximum absolute atomic E-state index is 14.0. The molecule has 0 spiro atoms. The third-order valence-electron chi connectivity index (χ3n) is 6.71. The molecule has 190 valence electrons. The van der Waals surface area contributed by atoms with E-state index in [-0.39, 0.29) is 46.5 Å². The normalized spacial score (nSPS) is 18.7. The number of benzene rings is 1. The van der Waals surface area contributed by atoms with Gasteiger partial charge in [-0.25, -0.2) is 9.07 Å². The first-order chi connectivity index (χ1) is 17.3. The van der Waals surface area contributed by atoms with Crippen molar-refractivity contribution < 1.29 is 23.5 Å². The molecule has 0 radical (unpaired) electrons. The Labute approximate surface area is 206 Å². The van der Waals surface area contributed by atoms with Crippen molar-refractivity contribution in [2.24, 2.45) is 0 Å². The van der Waals surface area contributed by atoms with Gasteiger partial charge in [-0.2, -0.15) is 5.10 Å². The van der Waals surface area contributed by atoms with Gasteiger partial charge in [0.15, 0.2) is 17.1 Å². The highest BCUT2D eigenvalue weighted by molar-refractivity contribution is 6.10. The lowest BCUT2D eigenvalue weighted by atomic mass is 10.1. The van der Waals surface area contributed by atoms with E-state index in [0.717, 1.165) is 17.5 Å². The Morgan fingerprint density at radius 1 is 1.19 bits per heavy atom. The average molecular weight is 498 g/mol. The number of ether oxygens (including phenoxy) is 2. The Morgan fingerprint density at radius 2 is 2.00 bits per heavy atom. The van der Waals surface area contributed by atoms with Gasteiger partial charge in [-0.1, -0.05) is 6.07 Å². The summed E-state index contributed by atoms with van der Waals surface area (Å²) in [5.41, 5.74) is 0.534. The molecule has 2 aromatic heterocycles. The summed E-state index contributed by atoms with van der Waals surface area (Å²) in [5.74, 6) is -0.772. The van der Waals surface area contributed by atoms with E-state index in [1.807, 2.05) is 6.92 Å². The number of carbonyl (C=O) groups is 2. The van der Waals surface area contributed by atoms with Gasteiger partial charge < -0.3 is 24.3 Å². The number of hydrogen-bond acceptors (Lipinski definition) is 6. The molecule has 11 heteroatoms. The summed E-state index contributed by atoms with van der Waals surface area (Å²) in [6.45, 7) is 3.04. The number of nitrogens with zero attached hydrogens (tertiary/aromatic N) is 4. The molecule has 2 aliphatic rings. The van der Waals surface area contributed by atoms with E-state index in [1.165, 1.54) is 25.3 Å². The minimum absolute atomic E-state index is 0.0278. The second-order valence-electron chi connectivity index (χ2n) is 9.24. The molecular weight excluding hydrogens is 469 g/mol. The van der Waals surface area contributed by atoms with E-state index in [0.29, 0.717) is 37.4 Å². The number of hydrogen-bond donors (Lipinski definition) is 1. The number of rotatable bonds is 1. The summed E-state index contributed by atoms with van der Waals surface area (Å²) >= 11 is 0. The standard InChI is InChI=1S/C25H28FN5O5/c1-14-12-29(2)25(34)21-22(35-3)18-20(31(14)21)19-23(32)27-9-5-4-6-10-36-17-11-16(26)8-7-15(17)13-30(28-19)24(18)33/h7-8,11,14H,4-6,9-10,12-13H2,1-3H3,(H,27,32)/t14-/m0/s1. The van der Waals surface area contributed by atoms with Gasteiger partial charge in [0.2, 0.25) is 0 Å². The van der Waals surface area contributed by atoms with Gasteiger partial charge in [0.05, 0.1) is 25.8 Å². The fraction of sp³-hybridized carbons (Fsp3) is 0.440. The van der Waals surface area contributed by atoms with Crippen LogP contribution in [0.5, 0.6) is 11.5 Å². The van der Waals surface area contributed by atoms with Gasteiger partial charge >= 0.3 is 0 Å². The van der Waals surface area contributed by atoms with Gasteiger partial charge in [0.1, 0.15) is 17.0 Å². The number of likely N-dealkylation sites (N-methyl/N-ethyl adjacent to an activating group) is 1. The number of amides is 2. The molecule has 5 rings (SSSR count). The predicted molar refractivity (Wildman–Crippen MR) is 129 cm³/mol.